The van der Waals surface area contributed by atoms with Crippen molar-refractivity contribution in [3.8, 4) is 17.6 Å². The van der Waals surface area contributed by atoms with Gasteiger partial charge in [0.25, 0.3) is 0 Å². The number of piperidine rings is 1. The average Bonchev–Trinajstić information content (AvgIpc) is 3.24. The number of aromatic nitrogens is 2. The number of Topliss-reactive ketones (excluding diaryl/α,β-unsaturated/α-hetero) is 2. The molecule has 14 heteroatoms. The van der Waals surface area contributed by atoms with E-state index in [1.165, 1.54) is 13.8 Å². The first-order chi connectivity index (χ1) is 29.6. The Hall–Kier alpha value is -5.31. The van der Waals surface area contributed by atoms with Gasteiger partial charge >= 0.3 is 139 Å². The summed E-state index contributed by atoms with van der Waals surface area (Å²) < 4.78 is 21.3. The Morgan fingerprint density at radius 3 is 2.35 bits per heavy atom. The SMILES string of the molecule is CCC(C)C1CCC(=O)NC1=O.CCc1cc(C(C)(C)c2ccc(OCc3ccnc([NH][Sb]([CH3])[CH3])n3)cc2)cc(C#N)c1OCCOCCNc1cccc(C(C)=O)c1C(C)=O. The third-order valence-electron chi connectivity index (χ3n) is 10.8. The van der Waals surface area contributed by atoms with Gasteiger partial charge in [-0.2, -0.15) is 5.26 Å². The van der Waals surface area contributed by atoms with E-state index >= 15 is 0 Å². The van der Waals surface area contributed by atoms with Crippen molar-refractivity contribution in [1.29, 1.82) is 5.26 Å². The number of anilines is 2. The molecule has 3 aromatic carbocycles. The maximum absolute atomic E-state index is 12.2. The van der Waals surface area contributed by atoms with E-state index in [4.69, 9.17) is 14.2 Å². The summed E-state index contributed by atoms with van der Waals surface area (Å²) in [6.45, 7) is 15.1. The zero-order valence-corrected chi connectivity index (χ0v) is 40.1. The van der Waals surface area contributed by atoms with Crippen LogP contribution in [-0.2, 0) is 32.8 Å². The van der Waals surface area contributed by atoms with Crippen LogP contribution in [0.15, 0.2) is 66.9 Å². The van der Waals surface area contributed by atoms with E-state index in [1.807, 2.05) is 31.2 Å². The number of carbonyl (C=O) groups excluding carboxylic acids is 4. The molecule has 2 heterocycles. The monoisotopic (exact) mass is 954 g/mol. The van der Waals surface area contributed by atoms with E-state index < -0.39 is 20.5 Å². The number of imide groups is 1. The van der Waals surface area contributed by atoms with E-state index in [1.54, 1.807) is 24.4 Å². The largest absolute Gasteiger partial charge is 0.490 e. The number of nitrogens with one attached hydrogen (secondary N) is 3. The Morgan fingerprint density at radius 2 is 1.73 bits per heavy atom. The first-order valence-corrected chi connectivity index (χ1v) is 27.5. The summed E-state index contributed by atoms with van der Waals surface area (Å²) in [5, 5.41) is 15.7. The molecule has 2 amide bonds. The summed E-state index contributed by atoms with van der Waals surface area (Å²) in [7, 11) is 0. The molecule has 1 aliphatic rings. The van der Waals surface area contributed by atoms with Crippen molar-refractivity contribution in [2.75, 3.05) is 35.2 Å². The van der Waals surface area contributed by atoms with Crippen LogP contribution in [0.1, 0.15) is 116 Å². The van der Waals surface area contributed by atoms with Crippen LogP contribution in [0.5, 0.6) is 11.5 Å². The first-order valence-electron chi connectivity index (χ1n) is 21.1. The number of rotatable bonds is 20. The maximum Gasteiger partial charge on any atom is 0.162 e. The molecule has 1 saturated heterocycles. The number of hydrogen-bond acceptors (Lipinski definition) is 12. The fraction of sp³-hybridized carbons (Fsp3) is 0.438. The van der Waals surface area contributed by atoms with Crippen molar-refractivity contribution in [2.45, 2.75) is 95.9 Å². The van der Waals surface area contributed by atoms with Gasteiger partial charge in [-0.1, -0.05) is 45.4 Å². The molecule has 2 unspecified atom stereocenters. The van der Waals surface area contributed by atoms with Crippen molar-refractivity contribution in [3.63, 3.8) is 0 Å². The summed E-state index contributed by atoms with van der Waals surface area (Å²) in [5.74, 6) is 1.88. The molecule has 1 aliphatic heterocycles. The van der Waals surface area contributed by atoms with E-state index in [0.29, 0.717) is 79.2 Å². The predicted molar refractivity (Wildman–Crippen MR) is 243 cm³/mol. The van der Waals surface area contributed by atoms with Gasteiger partial charge in [0.15, 0.2) is 11.6 Å². The summed E-state index contributed by atoms with van der Waals surface area (Å²) in [5.41, 5.74) is 5.37. The number of hydrogen-bond donors (Lipinski definition) is 3. The smallest absolute Gasteiger partial charge is 0.162 e. The summed E-state index contributed by atoms with van der Waals surface area (Å²) in [6.07, 6.45) is 4.66. The zero-order valence-electron chi connectivity index (χ0n) is 37.5. The Balaban J connectivity index is 0.000000605. The molecular formula is C48H61N6O7Sb. The van der Waals surface area contributed by atoms with Gasteiger partial charge in [-0.25, -0.2) is 0 Å². The molecule has 3 N–H and O–H groups in total. The van der Waals surface area contributed by atoms with Crippen molar-refractivity contribution < 1.29 is 33.4 Å². The quantitative estimate of drug-likeness (QED) is 0.0333. The van der Waals surface area contributed by atoms with E-state index in [-0.39, 0.29) is 41.3 Å². The third kappa shape index (κ3) is 13.8. The van der Waals surface area contributed by atoms with Crippen LogP contribution < -0.4 is 23.6 Å². The Kier molecular flexibility index (Phi) is 18.9. The molecule has 5 rings (SSSR count). The number of amides is 2. The Labute approximate surface area is 374 Å². The normalized spacial score (nSPS) is 14.2. The van der Waals surface area contributed by atoms with Crippen LogP contribution in [0.4, 0.5) is 11.6 Å². The molecule has 62 heavy (non-hydrogen) atoms. The minimum atomic E-state index is -1.46. The van der Waals surface area contributed by atoms with E-state index in [0.717, 1.165) is 41.0 Å². The van der Waals surface area contributed by atoms with E-state index in [9.17, 15) is 24.4 Å². The molecular weight excluding hydrogens is 894 g/mol. The zero-order chi connectivity index (χ0) is 45.4. The average molecular weight is 956 g/mol. The molecule has 0 radical (unpaired) electrons. The van der Waals surface area contributed by atoms with Crippen molar-refractivity contribution in [2.24, 2.45) is 11.8 Å². The number of nitrogens with zero attached hydrogens (tertiary/aromatic N) is 3. The molecule has 4 aromatic rings. The number of nitriles is 1. The third-order valence-corrected chi connectivity index (χ3v) is 12.7. The van der Waals surface area contributed by atoms with Crippen molar-refractivity contribution in [1.82, 2.24) is 15.3 Å². The van der Waals surface area contributed by atoms with Gasteiger partial charge in [-0.3, -0.25) is 24.5 Å². The molecule has 330 valence electrons. The second-order valence-electron chi connectivity index (χ2n) is 16.0. The van der Waals surface area contributed by atoms with Gasteiger partial charge in [0.05, 0.1) is 24.3 Å². The fourth-order valence-electron chi connectivity index (χ4n) is 7.06. The van der Waals surface area contributed by atoms with Crippen LogP contribution in [-0.4, -0.2) is 80.2 Å². The van der Waals surface area contributed by atoms with Gasteiger partial charge in [0.2, 0.25) is 11.8 Å². The number of benzene rings is 3. The van der Waals surface area contributed by atoms with Gasteiger partial charge < -0.3 is 14.8 Å². The van der Waals surface area contributed by atoms with Gasteiger partial charge in [0.1, 0.15) is 18.4 Å². The van der Waals surface area contributed by atoms with Gasteiger partial charge in [0, 0.05) is 30.1 Å². The van der Waals surface area contributed by atoms with Crippen LogP contribution in [0.25, 0.3) is 0 Å². The van der Waals surface area contributed by atoms with Crippen molar-refractivity contribution in [3.05, 3.63) is 106 Å². The summed E-state index contributed by atoms with van der Waals surface area (Å²) >= 11 is -1.46. The Morgan fingerprint density at radius 1 is 0.984 bits per heavy atom. The molecule has 0 spiro atoms. The van der Waals surface area contributed by atoms with Crippen molar-refractivity contribution >= 4 is 55.5 Å². The van der Waals surface area contributed by atoms with Gasteiger partial charge in [-0.05, 0) is 50.3 Å². The molecule has 1 fully saturated rings. The molecule has 0 aliphatic carbocycles. The molecule has 2 atom stereocenters. The number of aryl methyl sites for hydroxylation is 1. The molecule has 13 nitrogen and oxygen atoms in total. The minimum Gasteiger partial charge on any atom is -0.490 e. The predicted octanol–water partition coefficient (Wildman–Crippen LogP) is 8.48. The number of ether oxygens (including phenoxy) is 3. The van der Waals surface area contributed by atoms with Crippen LogP contribution >= 0.6 is 0 Å². The Bertz CT molecular complexity index is 2220. The summed E-state index contributed by atoms with van der Waals surface area (Å²) in [4.78, 5) is 59.5. The molecule has 1 aromatic heterocycles. The first kappa shape index (κ1) is 49.3. The second kappa shape index (κ2) is 23.8. The minimum absolute atomic E-state index is 0.0488. The summed E-state index contributed by atoms with van der Waals surface area (Å²) in [6, 6.07) is 21.5. The number of ketones is 2. The van der Waals surface area contributed by atoms with Gasteiger partial charge in [-0.15, -0.1) is 0 Å². The standard InChI is InChI=1S/C37H41N5O5.C9H15NO2.2CH3.Sb/c1-6-26-20-29(37(4,5)28-10-12-31(13-11-28)47-23-30-14-15-41-36(39)42-30)21-27(22-38)35(26)46-19-18-45-17-16-40-33-9-7-8-32(24(2)43)34(33)25(3)44;1-3-6(2)7-4-5-8(11)10-9(7)12;;;/h7-15,20-21H,6,16-19,23H2,1-5H3,(H3,39,40,41,42,44);6-7H,3-5H2,1-2H3,(H,10,11,12);2*1H3;/q;;;;+1/p-1. The number of carbonyl (C=O) groups is 4. The molecule has 0 bridgehead atoms. The maximum atomic E-state index is 12.2. The van der Waals surface area contributed by atoms with E-state index in [2.05, 4.69) is 85.8 Å². The van der Waals surface area contributed by atoms with Crippen LogP contribution in [0.3, 0.4) is 0 Å². The molecule has 0 saturated carbocycles. The topological polar surface area (TPSA) is 182 Å². The van der Waals surface area contributed by atoms with Crippen LogP contribution in [0, 0.1) is 23.2 Å². The fourth-order valence-corrected chi connectivity index (χ4v) is 8.51. The second-order valence-corrected chi connectivity index (χ2v) is 21.7. The van der Waals surface area contributed by atoms with Crippen LogP contribution in [0.2, 0.25) is 9.74 Å².